The standard InChI is InChI=1S/C15H21N3O2/c19-15(8-17-13-1-2-13)18-14-10-20-9-12(14)7-11-3-5-16-6-4-11/h3-6,12-14,17H,1-2,7-10H2,(H,18,19)/t12-,14-/m1/s1. The molecular weight excluding hydrogens is 254 g/mol. The average Bonchev–Trinajstić information content (AvgIpc) is 3.20. The van der Waals surface area contributed by atoms with Gasteiger partial charge in [-0.3, -0.25) is 9.78 Å². The third-order valence-electron chi connectivity index (χ3n) is 3.92. The molecule has 1 saturated carbocycles. The quantitative estimate of drug-likeness (QED) is 0.794. The van der Waals surface area contributed by atoms with Crippen molar-refractivity contribution in [2.75, 3.05) is 19.8 Å². The number of aromatic nitrogens is 1. The molecule has 1 aliphatic heterocycles. The van der Waals surface area contributed by atoms with Crippen molar-refractivity contribution in [1.29, 1.82) is 0 Å². The van der Waals surface area contributed by atoms with Crippen molar-refractivity contribution in [2.45, 2.75) is 31.3 Å². The Labute approximate surface area is 119 Å². The summed E-state index contributed by atoms with van der Waals surface area (Å²) in [5.41, 5.74) is 1.24. The number of hydrogen-bond acceptors (Lipinski definition) is 4. The van der Waals surface area contributed by atoms with E-state index < -0.39 is 0 Å². The number of rotatable bonds is 6. The molecule has 1 aromatic heterocycles. The molecule has 1 aromatic rings. The first-order valence-corrected chi connectivity index (χ1v) is 7.30. The summed E-state index contributed by atoms with van der Waals surface area (Å²) in [4.78, 5) is 15.9. The highest BCUT2D eigenvalue weighted by Gasteiger charge is 2.30. The molecule has 2 fully saturated rings. The first kappa shape index (κ1) is 13.5. The first-order valence-electron chi connectivity index (χ1n) is 7.30. The maximum Gasteiger partial charge on any atom is 0.234 e. The fourth-order valence-electron chi connectivity index (χ4n) is 2.56. The highest BCUT2D eigenvalue weighted by atomic mass is 16.5. The van der Waals surface area contributed by atoms with Gasteiger partial charge in [0.05, 0.1) is 25.8 Å². The molecule has 1 amide bonds. The summed E-state index contributed by atoms with van der Waals surface area (Å²) < 4.78 is 5.53. The van der Waals surface area contributed by atoms with Gasteiger partial charge in [0.15, 0.2) is 0 Å². The molecule has 0 aromatic carbocycles. The first-order chi connectivity index (χ1) is 9.81. The minimum absolute atomic E-state index is 0.0760. The third kappa shape index (κ3) is 3.77. The molecule has 1 saturated heterocycles. The maximum absolute atomic E-state index is 11.9. The van der Waals surface area contributed by atoms with Crippen LogP contribution in [-0.2, 0) is 16.0 Å². The second-order valence-corrected chi connectivity index (χ2v) is 5.69. The van der Waals surface area contributed by atoms with Gasteiger partial charge in [-0.2, -0.15) is 0 Å². The van der Waals surface area contributed by atoms with Crippen molar-refractivity contribution in [2.24, 2.45) is 5.92 Å². The normalized spacial score (nSPS) is 25.6. The molecule has 2 atom stereocenters. The molecule has 0 spiro atoms. The zero-order valence-electron chi connectivity index (χ0n) is 11.5. The third-order valence-corrected chi connectivity index (χ3v) is 3.92. The fraction of sp³-hybridized carbons (Fsp3) is 0.600. The summed E-state index contributed by atoms with van der Waals surface area (Å²) in [7, 11) is 0. The summed E-state index contributed by atoms with van der Waals surface area (Å²) in [5, 5.41) is 6.32. The smallest absolute Gasteiger partial charge is 0.234 e. The van der Waals surface area contributed by atoms with Gasteiger partial charge < -0.3 is 15.4 Å². The SMILES string of the molecule is O=C(CNC1CC1)N[C@@H]1COC[C@H]1Cc1ccncc1. The van der Waals surface area contributed by atoms with Crippen molar-refractivity contribution < 1.29 is 9.53 Å². The van der Waals surface area contributed by atoms with Gasteiger partial charge in [0, 0.05) is 24.4 Å². The predicted molar refractivity (Wildman–Crippen MR) is 75.2 cm³/mol. The largest absolute Gasteiger partial charge is 0.379 e. The number of carbonyl (C=O) groups is 1. The van der Waals surface area contributed by atoms with Crippen molar-refractivity contribution in [1.82, 2.24) is 15.6 Å². The minimum atomic E-state index is 0.0760. The minimum Gasteiger partial charge on any atom is -0.379 e. The molecule has 0 radical (unpaired) electrons. The Kier molecular flexibility index (Phi) is 4.28. The zero-order valence-corrected chi connectivity index (χ0v) is 11.5. The van der Waals surface area contributed by atoms with Crippen LogP contribution in [0.1, 0.15) is 18.4 Å². The monoisotopic (exact) mass is 275 g/mol. The molecule has 5 heteroatoms. The lowest BCUT2D eigenvalue weighted by molar-refractivity contribution is -0.121. The van der Waals surface area contributed by atoms with Crippen LogP contribution in [0.4, 0.5) is 0 Å². The van der Waals surface area contributed by atoms with Crippen LogP contribution in [0, 0.1) is 5.92 Å². The Balaban J connectivity index is 1.48. The van der Waals surface area contributed by atoms with E-state index in [2.05, 4.69) is 15.6 Å². The van der Waals surface area contributed by atoms with E-state index in [0.29, 0.717) is 31.7 Å². The number of nitrogens with one attached hydrogen (secondary N) is 2. The van der Waals surface area contributed by atoms with Crippen molar-refractivity contribution in [3.05, 3.63) is 30.1 Å². The van der Waals surface area contributed by atoms with Crippen LogP contribution < -0.4 is 10.6 Å². The fourth-order valence-corrected chi connectivity index (χ4v) is 2.56. The molecule has 20 heavy (non-hydrogen) atoms. The van der Waals surface area contributed by atoms with E-state index in [0.717, 1.165) is 6.42 Å². The van der Waals surface area contributed by atoms with Gasteiger partial charge in [0.2, 0.25) is 5.91 Å². The molecule has 0 unspecified atom stereocenters. The predicted octanol–water partition coefficient (Wildman–Crippen LogP) is 0.507. The lowest BCUT2D eigenvalue weighted by Crippen LogP contribution is -2.44. The van der Waals surface area contributed by atoms with Crippen LogP contribution in [0.15, 0.2) is 24.5 Å². The van der Waals surface area contributed by atoms with Gasteiger partial charge in [-0.25, -0.2) is 0 Å². The zero-order chi connectivity index (χ0) is 13.8. The van der Waals surface area contributed by atoms with Crippen LogP contribution in [-0.4, -0.2) is 42.7 Å². The number of ether oxygens (including phenoxy) is 1. The highest BCUT2D eigenvalue weighted by Crippen LogP contribution is 2.19. The van der Waals surface area contributed by atoms with Crippen molar-refractivity contribution in [3.63, 3.8) is 0 Å². The topological polar surface area (TPSA) is 63.2 Å². The van der Waals surface area contributed by atoms with E-state index in [-0.39, 0.29) is 11.9 Å². The number of amides is 1. The van der Waals surface area contributed by atoms with Gasteiger partial charge in [-0.05, 0) is 37.0 Å². The van der Waals surface area contributed by atoms with Crippen LogP contribution in [0.25, 0.3) is 0 Å². The number of carbonyl (C=O) groups excluding carboxylic acids is 1. The van der Waals surface area contributed by atoms with E-state index in [1.54, 1.807) is 12.4 Å². The summed E-state index contributed by atoms with van der Waals surface area (Å²) >= 11 is 0. The molecule has 2 heterocycles. The molecule has 2 N–H and O–H groups in total. The number of pyridine rings is 1. The maximum atomic E-state index is 11.9. The summed E-state index contributed by atoms with van der Waals surface area (Å²) in [5.74, 6) is 0.425. The Morgan fingerprint density at radius 1 is 1.30 bits per heavy atom. The lowest BCUT2D eigenvalue weighted by atomic mass is 9.95. The van der Waals surface area contributed by atoms with Crippen molar-refractivity contribution >= 4 is 5.91 Å². The van der Waals surface area contributed by atoms with E-state index in [9.17, 15) is 4.79 Å². The second kappa shape index (κ2) is 6.33. The van der Waals surface area contributed by atoms with Crippen LogP contribution in [0.2, 0.25) is 0 Å². The molecule has 5 nitrogen and oxygen atoms in total. The molecular formula is C15H21N3O2. The Hall–Kier alpha value is -1.46. The van der Waals surface area contributed by atoms with Gasteiger partial charge in [0.1, 0.15) is 0 Å². The van der Waals surface area contributed by atoms with Crippen molar-refractivity contribution in [3.8, 4) is 0 Å². The van der Waals surface area contributed by atoms with E-state index in [1.165, 1.54) is 18.4 Å². The summed E-state index contributed by atoms with van der Waals surface area (Å²) in [6.45, 7) is 1.75. The molecule has 1 aliphatic carbocycles. The van der Waals surface area contributed by atoms with Gasteiger partial charge in [-0.1, -0.05) is 0 Å². The lowest BCUT2D eigenvalue weighted by Gasteiger charge is -2.19. The molecule has 0 bridgehead atoms. The Morgan fingerprint density at radius 3 is 2.85 bits per heavy atom. The Morgan fingerprint density at radius 2 is 2.10 bits per heavy atom. The number of hydrogen-bond donors (Lipinski definition) is 2. The average molecular weight is 275 g/mol. The molecule has 108 valence electrons. The van der Waals surface area contributed by atoms with Gasteiger partial charge >= 0.3 is 0 Å². The Bertz CT molecular complexity index is 448. The van der Waals surface area contributed by atoms with E-state index in [1.807, 2.05) is 12.1 Å². The summed E-state index contributed by atoms with van der Waals surface area (Å²) in [6.07, 6.45) is 6.93. The van der Waals surface area contributed by atoms with Gasteiger partial charge in [-0.15, -0.1) is 0 Å². The van der Waals surface area contributed by atoms with Crippen LogP contribution >= 0.6 is 0 Å². The van der Waals surface area contributed by atoms with E-state index in [4.69, 9.17) is 4.74 Å². The summed E-state index contributed by atoms with van der Waals surface area (Å²) in [6, 6.07) is 4.72. The van der Waals surface area contributed by atoms with Crippen LogP contribution in [0.3, 0.4) is 0 Å². The highest BCUT2D eigenvalue weighted by molar-refractivity contribution is 5.78. The van der Waals surface area contributed by atoms with Gasteiger partial charge in [0.25, 0.3) is 0 Å². The number of nitrogens with zero attached hydrogens (tertiary/aromatic N) is 1. The molecule has 3 rings (SSSR count). The van der Waals surface area contributed by atoms with E-state index >= 15 is 0 Å². The van der Waals surface area contributed by atoms with Crippen LogP contribution in [0.5, 0.6) is 0 Å². The second-order valence-electron chi connectivity index (χ2n) is 5.69. The molecule has 2 aliphatic rings.